The summed E-state index contributed by atoms with van der Waals surface area (Å²) >= 11 is 3.16. The summed E-state index contributed by atoms with van der Waals surface area (Å²) in [4.78, 5) is 31.1. The van der Waals surface area contributed by atoms with Crippen LogP contribution in [0, 0.1) is 58.7 Å². The first kappa shape index (κ1) is 45.1. The molecule has 3 aromatic heterocycles. The molecule has 5 aromatic rings. The first-order valence-corrected chi connectivity index (χ1v) is 25.1. The van der Waals surface area contributed by atoms with E-state index in [0.29, 0.717) is 68.6 Å². The molecule has 2 saturated carbocycles. The van der Waals surface area contributed by atoms with Crippen molar-refractivity contribution in [3.63, 3.8) is 0 Å². The zero-order valence-corrected chi connectivity index (χ0v) is 39.7. The van der Waals surface area contributed by atoms with Crippen LogP contribution in [0.5, 0.6) is 5.75 Å². The number of anilines is 1. The molecule has 10 atom stereocenters. The number of imidazole rings is 1. The molecule has 2 aromatic carbocycles. The maximum atomic E-state index is 15.3. The van der Waals surface area contributed by atoms with Crippen LogP contribution in [-0.2, 0) is 25.7 Å². The number of aromatic nitrogens is 2. The summed E-state index contributed by atoms with van der Waals surface area (Å²) in [5.41, 5.74) is 11.7. The predicted molar refractivity (Wildman–Crippen MR) is 266 cm³/mol. The molecule has 9 N–H and O–H groups in total. The number of nitrogens with two attached hydrogens (primary N) is 1. The lowest BCUT2D eigenvalue weighted by Gasteiger charge is -2.47. The average Bonchev–Trinajstić information content (AvgIpc) is 4.17. The van der Waals surface area contributed by atoms with Gasteiger partial charge in [-0.2, -0.15) is 0 Å². The Balaban J connectivity index is 1.16. The van der Waals surface area contributed by atoms with Crippen LogP contribution in [0.25, 0.3) is 15.8 Å². The number of phenolic OH excluding ortho intramolecular Hbond substituents is 1. The van der Waals surface area contributed by atoms with E-state index in [1.54, 1.807) is 24.7 Å². The number of hydrogen-bond donors (Lipinski definition) is 8. The monoisotopic (exact) mass is 934 g/mol. The van der Waals surface area contributed by atoms with Gasteiger partial charge in [-0.05, 0) is 135 Å². The SMILES string of the molecule is CC#Cc1ccc(-c2ccc(C(=O)C3CCC4CC35CC(C(O)CO)C(C5)C3C#Cc5c(cc(O)c6c5NC(C=C6)C(C)(O)Cc5cccc(c5Cc5cnc[nH]5)C3)CC4NC(N)=NC)s2)s1. The number of rotatable bonds is 8. The highest BCUT2D eigenvalue weighted by atomic mass is 32.1. The maximum Gasteiger partial charge on any atom is 0.188 e. The second kappa shape index (κ2) is 18.1. The lowest BCUT2D eigenvalue weighted by atomic mass is 9.58. The van der Waals surface area contributed by atoms with Crippen molar-refractivity contribution in [3.8, 4) is 39.2 Å². The Kier molecular flexibility index (Phi) is 12.2. The number of nitrogens with zero attached hydrogens (tertiary/aromatic N) is 2. The number of thiophene rings is 2. The fraction of sp³-hybridized carbons (Fsp3) is 0.426. The Labute approximate surface area is 400 Å². The molecule has 1 spiro atoms. The number of aliphatic hydroxyl groups is 3. The number of Topliss-reactive ketones (excluding diaryl/α,β-unsaturated/α-hetero) is 1. The number of hydrogen-bond acceptors (Lipinski definition) is 10. The van der Waals surface area contributed by atoms with Gasteiger partial charge in [0.25, 0.3) is 0 Å². The van der Waals surface area contributed by atoms with Gasteiger partial charge in [-0.25, -0.2) is 4.98 Å². The fourth-order valence-electron chi connectivity index (χ4n) is 12.4. The second-order valence-corrected chi connectivity index (χ2v) is 21.9. The number of aromatic hydroxyl groups is 1. The zero-order chi connectivity index (χ0) is 46.6. The molecular weight excluding hydrogens is 877 g/mol. The van der Waals surface area contributed by atoms with Crippen LogP contribution < -0.4 is 16.4 Å². The molecule has 5 heterocycles. The molecule has 5 aliphatic rings. The smallest absolute Gasteiger partial charge is 0.188 e. The first-order chi connectivity index (χ1) is 32.4. The lowest BCUT2D eigenvalue weighted by molar-refractivity contribution is 0.0134. The third kappa shape index (κ3) is 8.51. The molecule has 0 amide bonds. The number of H-pyrrole nitrogens is 1. The van der Waals surface area contributed by atoms with Gasteiger partial charge in [0.15, 0.2) is 11.7 Å². The lowest BCUT2D eigenvalue weighted by Crippen LogP contribution is -2.50. The van der Waals surface area contributed by atoms with Gasteiger partial charge in [-0.3, -0.25) is 9.79 Å². The third-order valence-electron chi connectivity index (χ3n) is 15.6. The third-order valence-corrected chi connectivity index (χ3v) is 17.9. The normalized spacial score (nSPS) is 28.8. The summed E-state index contributed by atoms with van der Waals surface area (Å²) < 4.78 is 0. The van der Waals surface area contributed by atoms with Crippen LogP contribution in [0.1, 0.15) is 99.6 Å². The number of aliphatic hydroxyl groups excluding tert-OH is 2. The number of ketones is 1. The molecule has 67 heavy (non-hydrogen) atoms. The van der Waals surface area contributed by atoms with Crippen molar-refractivity contribution in [1.29, 1.82) is 0 Å². The first-order valence-electron chi connectivity index (χ1n) is 23.5. The molecule has 0 saturated heterocycles. The van der Waals surface area contributed by atoms with Crippen LogP contribution in [0.15, 0.2) is 72.1 Å². The quantitative estimate of drug-likeness (QED) is 0.0342. The Morgan fingerprint density at radius 1 is 1.09 bits per heavy atom. The number of phenols is 1. The highest BCUT2D eigenvalue weighted by molar-refractivity contribution is 7.23. The van der Waals surface area contributed by atoms with E-state index in [1.807, 2.05) is 50.4 Å². The Hall–Kier alpha value is -5.67. The van der Waals surface area contributed by atoms with E-state index in [2.05, 4.69) is 79.6 Å². The van der Waals surface area contributed by atoms with Gasteiger partial charge in [-0.15, -0.1) is 28.6 Å². The zero-order valence-electron chi connectivity index (χ0n) is 38.1. The summed E-state index contributed by atoms with van der Waals surface area (Å²) in [5.74, 6) is 13.0. The molecule has 13 heteroatoms. The van der Waals surface area contributed by atoms with Crippen molar-refractivity contribution in [3.05, 3.63) is 116 Å². The Morgan fingerprint density at radius 3 is 2.70 bits per heavy atom. The number of carbonyl (C=O) groups is 1. The molecule has 3 aliphatic carbocycles. The Morgan fingerprint density at radius 2 is 1.91 bits per heavy atom. The molecule has 0 radical (unpaired) electrons. The van der Waals surface area contributed by atoms with E-state index in [-0.39, 0.29) is 47.2 Å². The largest absolute Gasteiger partial charge is 0.507 e. The summed E-state index contributed by atoms with van der Waals surface area (Å²) in [5, 5.41) is 54.4. The number of nitrogens with one attached hydrogen (secondary N) is 3. The highest BCUT2D eigenvalue weighted by Crippen LogP contribution is 2.62. The van der Waals surface area contributed by atoms with E-state index in [4.69, 9.17) is 5.73 Å². The van der Waals surface area contributed by atoms with E-state index >= 15 is 4.79 Å². The van der Waals surface area contributed by atoms with Gasteiger partial charge in [0, 0.05) is 65.0 Å². The van der Waals surface area contributed by atoms with Crippen molar-refractivity contribution in [2.75, 3.05) is 19.0 Å². The second-order valence-electron chi connectivity index (χ2n) is 19.7. The fourth-order valence-corrected chi connectivity index (χ4v) is 14.4. The van der Waals surface area contributed by atoms with Gasteiger partial charge in [0.05, 0.1) is 51.7 Å². The Bertz CT molecular complexity index is 2890. The molecule has 10 rings (SSSR count). The number of aliphatic imine (C=N–C) groups is 1. The van der Waals surface area contributed by atoms with Gasteiger partial charge in [-0.1, -0.05) is 48.1 Å². The highest BCUT2D eigenvalue weighted by Gasteiger charge is 2.58. The summed E-state index contributed by atoms with van der Waals surface area (Å²) in [6.45, 7) is 3.28. The summed E-state index contributed by atoms with van der Waals surface area (Å²) in [7, 11) is 1.66. The molecule has 346 valence electrons. The molecule has 10 unspecified atom stereocenters. The van der Waals surface area contributed by atoms with Crippen molar-refractivity contribution in [1.82, 2.24) is 15.3 Å². The number of fused-ring (bicyclic) bond motifs is 7. The van der Waals surface area contributed by atoms with Crippen molar-refractivity contribution in [2.45, 2.75) is 95.4 Å². The molecular formula is C54H58N6O5S2. The van der Waals surface area contributed by atoms with Crippen molar-refractivity contribution >= 4 is 46.2 Å². The van der Waals surface area contributed by atoms with Crippen LogP contribution in [0.3, 0.4) is 0 Å². The number of carbonyl (C=O) groups excluding carboxylic acids is 1. The number of aromatic amines is 1. The van der Waals surface area contributed by atoms with E-state index in [0.717, 1.165) is 59.4 Å². The molecule has 11 nitrogen and oxygen atoms in total. The van der Waals surface area contributed by atoms with E-state index in [1.165, 1.54) is 11.3 Å². The summed E-state index contributed by atoms with van der Waals surface area (Å²) in [6.07, 6.45) is 11.5. The van der Waals surface area contributed by atoms with Gasteiger partial charge in [0.2, 0.25) is 0 Å². The van der Waals surface area contributed by atoms with Crippen LogP contribution in [-0.4, -0.2) is 79.6 Å². The minimum atomic E-state index is -1.26. The van der Waals surface area contributed by atoms with E-state index < -0.39 is 29.8 Å². The number of guanidine groups is 1. The van der Waals surface area contributed by atoms with Crippen LogP contribution in [0.2, 0.25) is 0 Å². The molecule has 9 bridgehead atoms. The topological polar surface area (TPSA) is 189 Å². The molecule has 2 aliphatic heterocycles. The molecule has 2 fully saturated rings. The maximum absolute atomic E-state index is 15.3. The van der Waals surface area contributed by atoms with Gasteiger partial charge >= 0.3 is 0 Å². The van der Waals surface area contributed by atoms with E-state index in [9.17, 15) is 20.4 Å². The van der Waals surface area contributed by atoms with Crippen LogP contribution in [0.4, 0.5) is 5.69 Å². The van der Waals surface area contributed by atoms with Crippen molar-refractivity contribution < 1.29 is 25.2 Å². The summed E-state index contributed by atoms with van der Waals surface area (Å²) in [6, 6.07) is 15.5. The minimum absolute atomic E-state index is 0.0242. The average molecular weight is 935 g/mol. The number of benzene rings is 2. The predicted octanol–water partition coefficient (Wildman–Crippen LogP) is 7.32. The van der Waals surface area contributed by atoms with Gasteiger partial charge < -0.3 is 41.8 Å². The standard InChI is InChI=1S/C54H58N6O5S2/c1-4-6-36-11-15-46(66-36)47-16-17-48(67-47)51(64)42-14-10-33-24-54(42)25-40(41(26-54)45(63)28-61)31-9-12-37-34(20-43(33)59-52(55)56-3)21-44(62)38-13-18-49(60-50(37)38)53(2,65)23-32-8-5-7-30(19-31)39(32)22-35-27-57-29-58-35/h5,7-8,11,13,15-18,21,27,29,31,33,40-43,45,49,60-63,65H,10,14,19-20,22-26,28H2,1-3H3,(H,57,58)(H3,55,56,59). The minimum Gasteiger partial charge on any atom is -0.507 e. The van der Waals surface area contributed by atoms with Crippen LogP contribution >= 0.6 is 22.7 Å². The van der Waals surface area contributed by atoms with Crippen molar-refractivity contribution in [2.24, 2.45) is 45.7 Å². The van der Waals surface area contributed by atoms with Gasteiger partial charge in [0.1, 0.15) is 5.75 Å².